The van der Waals surface area contributed by atoms with Crippen molar-refractivity contribution in [3.8, 4) is 0 Å². The summed E-state index contributed by atoms with van der Waals surface area (Å²) in [6.07, 6.45) is -4.24. The van der Waals surface area contributed by atoms with Crippen LogP contribution in [0.2, 0.25) is 0 Å². The number of hydrogen-bond acceptors (Lipinski definition) is 0. The van der Waals surface area contributed by atoms with Gasteiger partial charge in [0.05, 0.1) is 6.42 Å². The monoisotopic (exact) mass is 332 g/mol. The van der Waals surface area contributed by atoms with Crippen molar-refractivity contribution in [1.29, 1.82) is 0 Å². The standard InChI is InChI=1S/C14H17F7N/c1-3-10(2)11-4-7-22(8-5-11)9-6-12(15,16)13(17,18)14(19,20)21/h4-5,7-8,10H,3,6,9H2,1-2H3/q+1. The molecule has 0 saturated carbocycles. The van der Waals surface area contributed by atoms with Gasteiger partial charge < -0.3 is 0 Å². The van der Waals surface area contributed by atoms with E-state index >= 15 is 0 Å². The Morgan fingerprint density at radius 1 is 1.00 bits per heavy atom. The summed E-state index contributed by atoms with van der Waals surface area (Å²) in [6.45, 7) is 3.28. The molecule has 0 saturated heterocycles. The van der Waals surface area contributed by atoms with E-state index in [0.717, 1.165) is 16.6 Å². The van der Waals surface area contributed by atoms with E-state index in [0.29, 0.717) is 0 Å². The molecule has 126 valence electrons. The van der Waals surface area contributed by atoms with Gasteiger partial charge >= 0.3 is 18.0 Å². The molecule has 0 amide bonds. The molecule has 0 radical (unpaired) electrons. The van der Waals surface area contributed by atoms with Crippen LogP contribution in [-0.4, -0.2) is 18.0 Å². The fourth-order valence-corrected chi connectivity index (χ4v) is 1.82. The summed E-state index contributed by atoms with van der Waals surface area (Å²) < 4.78 is 89.0. The average molecular weight is 332 g/mol. The number of halogens is 7. The first-order valence-electron chi connectivity index (χ1n) is 6.73. The van der Waals surface area contributed by atoms with Crippen LogP contribution in [-0.2, 0) is 6.54 Å². The number of nitrogens with zero attached hydrogens (tertiary/aromatic N) is 1. The normalized spacial score (nSPS) is 15.0. The molecule has 1 heterocycles. The van der Waals surface area contributed by atoms with Crippen LogP contribution in [0.5, 0.6) is 0 Å². The van der Waals surface area contributed by atoms with Gasteiger partial charge in [0.25, 0.3) is 0 Å². The second-order valence-electron chi connectivity index (χ2n) is 5.21. The quantitative estimate of drug-likeness (QED) is 0.525. The highest BCUT2D eigenvalue weighted by molar-refractivity contribution is 5.12. The lowest BCUT2D eigenvalue weighted by molar-refractivity contribution is -0.700. The summed E-state index contributed by atoms with van der Waals surface area (Å²) >= 11 is 0. The van der Waals surface area contributed by atoms with Crippen molar-refractivity contribution >= 4 is 0 Å². The first-order chi connectivity index (χ1) is 9.92. The second kappa shape index (κ2) is 6.42. The SMILES string of the molecule is CCC(C)c1cc[n+](CCC(F)(F)C(F)(F)C(F)(F)F)cc1. The number of pyridine rings is 1. The van der Waals surface area contributed by atoms with Gasteiger partial charge in [-0.3, -0.25) is 0 Å². The molecule has 1 aromatic heterocycles. The smallest absolute Gasteiger partial charge is 0.205 e. The van der Waals surface area contributed by atoms with Crippen molar-refractivity contribution in [3.63, 3.8) is 0 Å². The maximum atomic E-state index is 13.2. The van der Waals surface area contributed by atoms with E-state index in [1.54, 1.807) is 12.1 Å². The summed E-state index contributed by atoms with van der Waals surface area (Å²) in [7, 11) is 0. The molecule has 1 rings (SSSR count). The fraction of sp³-hybridized carbons (Fsp3) is 0.643. The Bertz CT molecular complexity index is 479. The molecule has 0 spiro atoms. The molecule has 0 N–H and O–H groups in total. The van der Waals surface area contributed by atoms with Crippen LogP contribution in [0.1, 0.15) is 38.2 Å². The highest BCUT2D eigenvalue weighted by Crippen LogP contribution is 2.47. The molecule has 0 bridgehead atoms. The lowest BCUT2D eigenvalue weighted by atomic mass is 10.0. The maximum absolute atomic E-state index is 13.2. The Balaban J connectivity index is 2.77. The molecule has 8 heteroatoms. The molecule has 0 aliphatic rings. The number of hydrogen-bond donors (Lipinski definition) is 0. The summed E-state index contributed by atoms with van der Waals surface area (Å²) in [4.78, 5) is 0. The number of aromatic nitrogens is 1. The number of aryl methyl sites for hydroxylation is 1. The van der Waals surface area contributed by atoms with E-state index in [-0.39, 0.29) is 5.92 Å². The Morgan fingerprint density at radius 3 is 1.91 bits per heavy atom. The van der Waals surface area contributed by atoms with Gasteiger partial charge in [-0.2, -0.15) is 30.7 Å². The third-order valence-corrected chi connectivity index (χ3v) is 3.60. The van der Waals surface area contributed by atoms with Crippen molar-refractivity contribution in [2.45, 2.75) is 57.2 Å². The second-order valence-corrected chi connectivity index (χ2v) is 5.21. The number of alkyl halides is 7. The molecule has 1 unspecified atom stereocenters. The average Bonchev–Trinajstić information content (AvgIpc) is 2.43. The summed E-state index contributed by atoms with van der Waals surface area (Å²) in [5.41, 5.74) is 0.936. The van der Waals surface area contributed by atoms with E-state index in [1.807, 2.05) is 13.8 Å². The van der Waals surface area contributed by atoms with Crippen LogP contribution in [0.3, 0.4) is 0 Å². The highest BCUT2D eigenvalue weighted by Gasteiger charge is 2.72. The Kier molecular flexibility index (Phi) is 5.46. The van der Waals surface area contributed by atoms with E-state index in [2.05, 4.69) is 0 Å². The maximum Gasteiger partial charge on any atom is 0.459 e. The minimum Gasteiger partial charge on any atom is -0.205 e. The van der Waals surface area contributed by atoms with E-state index in [9.17, 15) is 30.7 Å². The van der Waals surface area contributed by atoms with Crippen LogP contribution in [0, 0.1) is 0 Å². The molecule has 1 aromatic rings. The molecule has 22 heavy (non-hydrogen) atoms. The molecule has 0 aromatic carbocycles. The van der Waals surface area contributed by atoms with Gasteiger partial charge in [-0.1, -0.05) is 13.8 Å². The van der Waals surface area contributed by atoms with Gasteiger partial charge in [-0.25, -0.2) is 4.57 Å². The molecule has 1 atom stereocenters. The van der Waals surface area contributed by atoms with Gasteiger partial charge in [0.2, 0.25) is 0 Å². The predicted octanol–water partition coefficient (Wildman–Crippen LogP) is 4.71. The largest absolute Gasteiger partial charge is 0.459 e. The van der Waals surface area contributed by atoms with Crippen molar-refractivity contribution in [1.82, 2.24) is 0 Å². The van der Waals surface area contributed by atoms with Crippen LogP contribution in [0.4, 0.5) is 30.7 Å². The van der Waals surface area contributed by atoms with Gasteiger partial charge in [0.15, 0.2) is 18.9 Å². The van der Waals surface area contributed by atoms with Crippen LogP contribution < -0.4 is 4.57 Å². The minimum absolute atomic E-state index is 0.241. The van der Waals surface area contributed by atoms with Gasteiger partial charge in [-0.15, -0.1) is 0 Å². The van der Waals surface area contributed by atoms with Gasteiger partial charge in [0.1, 0.15) is 0 Å². The molecule has 0 fully saturated rings. The van der Waals surface area contributed by atoms with Crippen molar-refractivity contribution in [2.24, 2.45) is 0 Å². The first-order valence-corrected chi connectivity index (χ1v) is 6.73. The first kappa shape index (κ1) is 18.7. The van der Waals surface area contributed by atoms with Crippen LogP contribution in [0.25, 0.3) is 0 Å². The van der Waals surface area contributed by atoms with Crippen molar-refractivity contribution in [2.75, 3.05) is 0 Å². The Hall–Kier alpha value is -1.34. The van der Waals surface area contributed by atoms with E-state index in [1.165, 1.54) is 12.4 Å². The third-order valence-electron chi connectivity index (χ3n) is 3.60. The summed E-state index contributed by atoms with van der Waals surface area (Å²) in [6, 6.07) is 3.27. The lowest BCUT2D eigenvalue weighted by Crippen LogP contribution is -2.53. The van der Waals surface area contributed by atoms with Crippen molar-refractivity contribution < 1.29 is 35.3 Å². The zero-order valence-electron chi connectivity index (χ0n) is 12.1. The predicted molar refractivity (Wildman–Crippen MR) is 65.9 cm³/mol. The molecule has 1 nitrogen and oxygen atoms in total. The van der Waals surface area contributed by atoms with Gasteiger partial charge in [-0.05, 0) is 17.9 Å². The zero-order chi connectivity index (χ0) is 17.2. The third kappa shape index (κ3) is 3.89. The Labute approximate surface area is 123 Å². The van der Waals surface area contributed by atoms with E-state index in [4.69, 9.17) is 0 Å². The zero-order valence-corrected chi connectivity index (χ0v) is 12.1. The lowest BCUT2D eigenvalue weighted by Gasteiger charge is -2.27. The highest BCUT2D eigenvalue weighted by atomic mass is 19.4. The molecule has 0 aliphatic heterocycles. The number of rotatable bonds is 6. The summed E-state index contributed by atoms with van der Waals surface area (Å²) in [5.74, 6) is -11.0. The minimum atomic E-state index is -6.28. The topological polar surface area (TPSA) is 3.88 Å². The Morgan fingerprint density at radius 2 is 1.50 bits per heavy atom. The van der Waals surface area contributed by atoms with Crippen LogP contribution in [0.15, 0.2) is 24.5 Å². The molecular formula is C14H17F7N+. The molecule has 0 aliphatic carbocycles. The van der Waals surface area contributed by atoms with Gasteiger partial charge in [0, 0.05) is 12.1 Å². The molecular weight excluding hydrogens is 315 g/mol. The fourth-order valence-electron chi connectivity index (χ4n) is 1.82. The van der Waals surface area contributed by atoms with Crippen LogP contribution >= 0.6 is 0 Å². The van der Waals surface area contributed by atoms with E-state index < -0.39 is 31.0 Å². The van der Waals surface area contributed by atoms with Crippen molar-refractivity contribution in [3.05, 3.63) is 30.1 Å². The summed E-state index contributed by atoms with van der Waals surface area (Å²) in [5, 5.41) is 0.